The van der Waals surface area contributed by atoms with Crippen molar-refractivity contribution in [1.29, 1.82) is 0 Å². The molecule has 0 radical (unpaired) electrons. The standard InChI is InChI=1S/C14H32O3Si/c1-10(9-15)13(11(2)12(3)16)17-18(7,8)14(4,5)6/h10-13,15-16H,9H2,1-8H3/t10-,11-,12-,13+/m0/s1. The molecule has 0 saturated carbocycles. The van der Waals surface area contributed by atoms with Crippen LogP contribution in [0.2, 0.25) is 18.1 Å². The topological polar surface area (TPSA) is 49.7 Å². The highest BCUT2D eigenvalue weighted by Gasteiger charge is 2.41. The first-order valence-corrected chi connectivity index (χ1v) is 9.81. The summed E-state index contributed by atoms with van der Waals surface area (Å²) in [4.78, 5) is 0. The van der Waals surface area contributed by atoms with Gasteiger partial charge >= 0.3 is 0 Å². The monoisotopic (exact) mass is 276 g/mol. The molecule has 0 aromatic rings. The van der Waals surface area contributed by atoms with Crippen LogP contribution in [0.5, 0.6) is 0 Å². The molecule has 0 amide bonds. The summed E-state index contributed by atoms with van der Waals surface area (Å²) in [5, 5.41) is 19.3. The van der Waals surface area contributed by atoms with Crippen LogP contribution in [-0.4, -0.2) is 37.3 Å². The van der Waals surface area contributed by atoms with Gasteiger partial charge in [0.15, 0.2) is 8.32 Å². The lowest BCUT2D eigenvalue weighted by Gasteiger charge is -2.43. The highest BCUT2D eigenvalue weighted by molar-refractivity contribution is 6.74. The summed E-state index contributed by atoms with van der Waals surface area (Å²) in [7, 11) is -1.88. The molecular formula is C14H32O3Si. The van der Waals surface area contributed by atoms with E-state index >= 15 is 0 Å². The Labute approximate surface area is 114 Å². The number of aliphatic hydroxyl groups excluding tert-OH is 2. The van der Waals surface area contributed by atoms with Crippen molar-refractivity contribution in [3.63, 3.8) is 0 Å². The normalized spacial score (nSPS) is 20.3. The number of aliphatic hydroxyl groups is 2. The molecule has 3 nitrogen and oxygen atoms in total. The molecule has 18 heavy (non-hydrogen) atoms. The maximum Gasteiger partial charge on any atom is 0.192 e. The van der Waals surface area contributed by atoms with Crippen molar-refractivity contribution >= 4 is 8.32 Å². The quantitative estimate of drug-likeness (QED) is 0.733. The summed E-state index contributed by atoms with van der Waals surface area (Å²) >= 11 is 0. The lowest BCUT2D eigenvalue weighted by Crippen LogP contribution is -2.49. The molecule has 110 valence electrons. The van der Waals surface area contributed by atoms with Gasteiger partial charge in [-0.05, 0) is 25.1 Å². The minimum Gasteiger partial charge on any atom is -0.413 e. The minimum absolute atomic E-state index is 0.0290. The van der Waals surface area contributed by atoms with Gasteiger partial charge in [0.25, 0.3) is 0 Å². The second-order valence-electron chi connectivity index (χ2n) is 7.10. The van der Waals surface area contributed by atoms with Crippen LogP contribution >= 0.6 is 0 Å². The Hall–Kier alpha value is 0.0969. The first-order valence-electron chi connectivity index (χ1n) is 6.90. The van der Waals surface area contributed by atoms with Crippen molar-refractivity contribution in [1.82, 2.24) is 0 Å². The van der Waals surface area contributed by atoms with Crippen LogP contribution in [0.25, 0.3) is 0 Å². The van der Waals surface area contributed by atoms with Crippen LogP contribution in [0.15, 0.2) is 0 Å². The molecule has 0 rings (SSSR count). The van der Waals surface area contributed by atoms with Crippen LogP contribution in [-0.2, 0) is 4.43 Å². The average Bonchev–Trinajstić information content (AvgIpc) is 2.22. The summed E-state index contributed by atoms with van der Waals surface area (Å²) in [6, 6.07) is 0. The van der Waals surface area contributed by atoms with Gasteiger partial charge < -0.3 is 14.6 Å². The molecule has 0 bridgehead atoms. The van der Waals surface area contributed by atoms with Gasteiger partial charge in [-0.2, -0.15) is 0 Å². The SMILES string of the molecule is C[C@H]([C@H](O[Si](C)(C)C(C)(C)C)[C@@H](C)CO)[C@H](C)O. The Kier molecular flexibility index (Phi) is 6.54. The maximum atomic E-state index is 9.79. The van der Waals surface area contributed by atoms with E-state index in [9.17, 15) is 10.2 Å². The van der Waals surface area contributed by atoms with Gasteiger partial charge in [-0.15, -0.1) is 0 Å². The third-order valence-electron chi connectivity index (χ3n) is 4.36. The van der Waals surface area contributed by atoms with Gasteiger partial charge in [0.05, 0.1) is 12.2 Å². The van der Waals surface area contributed by atoms with Crippen LogP contribution < -0.4 is 0 Å². The number of hydrogen-bond acceptors (Lipinski definition) is 3. The van der Waals surface area contributed by atoms with Crippen LogP contribution in [0.3, 0.4) is 0 Å². The van der Waals surface area contributed by atoms with E-state index in [1.807, 2.05) is 13.8 Å². The Morgan fingerprint density at radius 1 is 1.11 bits per heavy atom. The molecule has 0 saturated heterocycles. The second kappa shape index (κ2) is 6.50. The Morgan fingerprint density at radius 2 is 1.56 bits per heavy atom. The van der Waals surface area contributed by atoms with Gasteiger partial charge in [-0.25, -0.2) is 0 Å². The zero-order valence-corrected chi connectivity index (χ0v) is 14.3. The fraction of sp³-hybridized carbons (Fsp3) is 1.00. The van der Waals surface area contributed by atoms with Crippen LogP contribution in [0, 0.1) is 11.8 Å². The van der Waals surface area contributed by atoms with Crippen molar-refractivity contribution in [2.45, 2.75) is 71.9 Å². The van der Waals surface area contributed by atoms with Crippen molar-refractivity contribution < 1.29 is 14.6 Å². The molecule has 2 N–H and O–H groups in total. The van der Waals surface area contributed by atoms with Gasteiger partial charge in [0.2, 0.25) is 0 Å². The summed E-state index contributed by atoms with van der Waals surface area (Å²) in [5.74, 6) is 0.0741. The minimum atomic E-state index is -1.88. The molecule has 0 heterocycles. The van der Waals surface area contributed by atoms with E-state index in [0.717, 1.165) is 0 Å². The second-order valence-corrected chi connectivity index (χ2v) is 11.9. The van der Waals surface area contributed by atoms with E-state index < -0.39 is 14.4 Å². The zero-order chi connectivity index (χ0) is 14.7. The molecule has 0 aliphatic rings. The van der Waals surface area contributed by atoms with E-state index in [-0.39, 0.29) is 29.6 Å². The summed E-state index contributed by atoms with van der Waals surface area (Å²) in [6.07, 6.45) is -0.510. The van der Waals surface area contributed by atoms with Gasteiger partial charge in [-0.3, -0.25) is 0 Å². The first kappa shape index (κ1) is 18.1. The average molecular weight is 276 g/mol. The Balaban J connectivity index is 5.02. The van der Waals surface area contributed by atoms with E-state index in [0.29, 0.717) is 0 Å². The van der Waals surface area contributed by atoms with Crippen molar-refractivity contribution in [2.75, 3.05) is 6.61 Å². The molecule has 0 aromatic carbocycles. The molecule has 4 atom stereocenters. The third kappa shape index (κ3) is 4.65. The highest BCUT2D eigenvalue weighted by Crippen LogP contribution is 2.39. The number of rotatable bonds is 6. The van der Waals surface area contributed by atoms with Gasteiger partial charge in [-0.1, -0.05) is 34.6 Å². The summed E-state index contributed by atoms with van der Waals surface area (Å²) < 4.78 is 6.40. The Morgan fingerprint density at radius 3 is 1.83 bits per heavy atom. The predicted molar refractivity (Wildman–Crippen MR) is 79.2 cm³/mol. The lowest BCUT2D eigenvalue weighted by molar-refractivity contribution is -0.00520. The number of hydrogen-bond donors (Lipinski definition) is 2. The van der Waals surface area contributed by atoms with Crippen molar-refractivity contribution in [3.8, 4) is 0 Å². The highest BCUT2D eigenvalue weighted by atomic mass is 28.4. The maximum absolute atomic E-state index is 9.79. The first-order chi connectivity index (χ1) is 7.94. The van der Waals surface area contributed by atoms with E-state index in [2.05, 4.69) is 33.9 Å². The van der Waals surface area contributed by atoms with Gasteiger partial charge in [0.1, 0.15) is 0 Å². The molecule has 0 aliphatic heterocycles. The third-order valence-corrected chi connectivity index (χ3v) is 8.84. The molecule has 0 aromatic heterocycles. The smallest absolute Gasteiger partial charge is 0.192 e. The molecule has 0 spiro atoms. The largest absolute Gasteiger partial charge is 0.413 e. The molecule has 4 heteroatoms. The zero-order valence-electron chi connectivity index (χ0n) is 13.3. The Bertz CT molecular complexity index is 246. The molecule has 0 aliphatic carbocycles. The molecule has 0 fully saturated rings. The van der Waals surface area contributed by atoms with Gasteiger partial charge in [0, 0.05) is 18.4 Å². The predicted octanol–water partition coefficient (Wildman–Crippen LogP) is 3.02. The van der Waals surface area contributed by atoms with E-state index in [1.54, 1.807) is 6.92 Å². The van der Waals surface area contributed by atoms with Crippen LogP contribution in [0.1, 0.15) is 41.5 Å². The van der Waals surface area contributed by atoms with Crippen molar-refractivity contribution in [2.24, 2.45) is 11.8 Å². The van der Waals surface area contributed by atoms with Crippen molar-refractivity contribution in [3.05, 3.63) is 0 Å². The molecule has 0 unspecified atom stereocenters. The van der Waals surface area contributed by atoms with Crippen LogP contribution in [0.4, 0.5) is 0 Å². The fourth-order valence-corrected chi connectivity index (χ4v) is 3.12. The van der Waals surface area contributed by atoms with E-state index in [4.69, 9.17) is 4.43 Å². The fourth-order valence-electron chi connectivity index (χ4n) is 1.64. The molecular weight excluding hydrogens is 244 g/mol. The summed E-state index contributed by atoms with van der Waals surface area (Å²) in [6.45, 7) is 16.9. The lowest BCUT2D eigenvalue weighted by atomic mass is 9.90. The van der Waals surface area contributed by atoms with E-state index in [1.165, 1.54) is 0 Å². The summed E-state index contributed by atoms with van der Waals surface area (Å²) in [5.41, 5.74) is 0.